The molecule has 0 saturated carbocycles. The van der Waals surface area contributed by atoms with Crippen LogP contribution < -0.4 is 5.32 Å². The first kappa shape index (κ1) is 28.9. The first-order valence-corrected chi connectivity index (χ1v) is 12.6. The molecule has 0 bridgehead atoms. The summed E-state index contributed by atoms with van der Waals surface area (Å²) in [5, 5.41) is 7.75. The van der Waals surface area contributed by atoms with Gasteiger partial charge in [0.2, 0.25) is 5.91 Å². The Balaban J connectivity index is 0.00000137. The maximum atomic E-state index is 12.8. The normalized spacial score (nSPS) is 11.0. The Labute approximate surface area is 207 Å². The molecule has 0 aliphatic rings. The van der Waals surface area contributed by atoms with Crippen LogP contribution in [0.15, 0.2) is 72.8 Å². The summed E-state index contributed by atoms with van der Waals surface area (Å²) in [5.74, 6) is 0.886. The van der Waals surface area contributed by atoms with E-state index in [0.717, 1.165) is 28.9 Å². The van der Waals surface area contributed by atoms with Gasteiger partial charge in [0.1, 0.15) is 0 Å². The van der Waals surface area contributed by atoms with Crippen LogP contribution >= 0.6 is 0 Å². The fraction of sp³-hybridized carbons (Fsp3) is 0.400. The maximum Gasteiger partial charge on any atom is 0.228 e. The number of aromatic nitrogens is 2. The molecule has 4 heteroatoms. The highest BCUT2D eigenvalue weighted by Gasteiger charge is 2.19. The van der Waals surface area contributed by atoms with Crippen LogP contribution in [0.1, 0.15) is 79.7 Å². The van der Waals surface area contributed by atoms with Gasteiger partial charge in [-0.1, -0.05) is 90.4 Å². The highest BCUT2D eigenvalue weighted by atomic mass is 16.2. The summed E-state index contributed by atoms with van der Waals surface area (Å²) in [5.41, 5.74) is 5.26. The number of anilines is 1. The summed E-state index contributed by atoms with van der Waals surface area (Å²) in [6.07, 6.45) is 1.45. The number of para-hydroxylation sites is 1. The Bertz CT molecular complexity index is 1020. The Morgan fingerprint density at radius 3 is 2.21 bits per heavy atom. The first-order valence-electron chi connectivity index (χ1n) is 12.6. The lowest BCUT2D eigenvalue weighted by molar-refractivity contribution is -0.119. The quantitative estimate of drug-likeness (QED) is 0.341. The number of allylic oxidation sites excluding steroid dienone is 1. The van der Waals surface area contributed by atoms with E-state index in [4.69, 9.17) is 5.10 Å². The smallest absolute Gasteiger partial charge is 0.228 e. The monoisotopic (exact) mass is 461 g/mol. The standard InChI is InChI=1S/C26H31N3O.2C2H6/c1-6-20(15-18(2)3)26(30)27-25-17-24(22-12-10-11-21(16-22)19(4)5)29(28-25)23-13-8-7-9-14-23;2*1-2/h7-14,16-17,19-20H,2,6,15H2,1,3-5H3,(H,27,28,30);2*1-2H3/t20-;;/m0../s1. The van der Waals surface area contributed by atoms with E-state index in [0.29, 0.717) is 18.2 Å². The van der Waals surface area contributed by atoms with Crippen molar-refractivity contribution in [1.82, 2.24) is 9.78 Å². The number of nitrogens with one attached hydrogen (secondary N) is 1. The minimum Gasteiger partial charge on any atom is -0.309 e. The molecule has 2 aromatic carbocycles. The van der Waals surface area contributed by atoms with E-state index in [1.807, 2.05) is 82.6 Å². The predicted octanol–water partition coefficient (Wildman–Crippen LogP) is 8.65. The third-order valence-corrected chi connectivity index (χ3v) is 5.27. The molecule has 0 radical (unpaired) electrons. The van der Waals surface area contributed by atoms with E-state index in [-0.39, 0.29) is 11.8 Å². The van der Waals surface area contributed by atoms with Crippen molar-refractivity contribution in [3.63, 3.8) is 0 Å². The molecule has 0 fully saturated rings. The van der Waals surface area contributed by atoms with Gasteiger partial charge in [0.05, 0.1) is 11.4 Å². The topological polar surface area (TPSA) is 46.9 Å². The van der Waals surface area contributed by atoms with E-state index in [2.05, 4.69) is 50.0 Å². The average Bonchev–Trinajstić information content (AvgIpc) is 3.29. The van der Waals surface area contributed by atoms with Crippen LogP contribution in [0.25, 0.3) is 16.9 Å². The SMILES string of the molecule is C=C(C)C[C@H](CC)C(=O)Nc1cc(-c2cccc(C(C)C)c2)n(-c2ccccc2)n1.CC.CC. The van der Waals surface area contributed by atoms with Gasteiger partial charge in [0, 0.05) is 17.5 Å². The van der Waals surface area contributed by atoms with Gasteiger partial charge in [-0.05, 0) is 49.4 Å². The molecule has 0 spiro atoms. The second-order valence-corrected chi connectivity index (χ2v) is 8.20. The number of nitrogens with zero attached hydrogens (tertiary/aromatic N) is 2. The van der Waals surface area contributed by atoms with Crippen LogP contribution in [0, 0.1) is 5.92 Å². The zero-order valence-corrected chi connectivity index (χ0v) is 22.4. The molecule has 1 aromatic heterocycles. The zero-order valence-electron chi connectivity index (χ0n) is 22.4. The van der Waals surface area contributed by atoms with Gasteiger partial charge in [-0.2, -0.15) is 0 Å². The van der Waals surface area contributed by atoms with Crippen molar-refractivity contribution in [1.29, 1.82) is 0 Å². The minimum absolute atomic E-state index is 0.0132. The van der Waals surface area contributed by atoms with E-state index in [9.17, 15) is 4.79 Å². The summed E-state index contributed by atoms with van der Waals surface area (Å²) >= 11 is 0. The van der Waals surface area contributed by atoms with E-state index in [1.54, 1.807) is 0 Å². The van der Waals surface area contributed by atoms with E-state index >= 15 is 0 Å². The van der Waals surface area contributed by atoms with Crippen molar-refractivity contribution in [2.75, 3.05) is 5.32 Å². The van der Waals surface area contributed by atoms with Crippen molar-refractivity contribution in [2.24, 2.45) is 5.92 Å². The summed E-state index contributed by atoms with van der Waals surface area (Å²) in [4.78, 5) is 12.8. The third kappa shape index (κ3) is 8.02. The summed E-state index contributed by atoms with van der Waals surface area (Å²) in [7, 11) is 0. The van der Waals surface area contributed by atoms with Gasteiger partial charge in [-0.15, -0.1) is 11.7 Å². The largest absolute Gasteiger partial charge is 0.309 e. The van der Waals surface area contributed by atoms with Crippen LogP contribution in [0.4, 0.5) is 5.82 Å². The third-order valence-electron chi connectivity index (χ3n) is 5.27. The Hall–Kier alpha value is -3.14. The van der Waals surface area contributed by atoms with Gasteiger partial charge in [0.25, 0.3) is 0 Å². The molecule has 0 saturated heterocycles. The van der Waals surface area contributed by atoms with Crippen LogP contribution in [-0.2, 0) is 4.79 Å². The zero-order chi connectivity index (χ0) is 25.7. The maximum absolute atomic E-state index is 12.8. The van der Waals surface area contributed by atoms with Gasteiger partial charge < -0.3 is 5.32 Å². The number of hydrogen-bond acceptors (Lipinski definition) is 2. The van der Waals surface area contributed by atoms with Crippen molar-refractivity contribution in [2.45, 2.75) is 74.1 Å². The molecule has 0 aliphatic carbocycles. The van der Waals surface area contributed by atoms with Crippen molar-refractivity contribution in [3.8, 4) is 16.9 Å². The molecule has 4 nitrogen and oxygen atoms in total. The van der Waals surface area contributed by atoms with Crippen molar-refractivity contribution in [3.05, 3.63) is 78.4 Å². The molecule has 0 aliphatic heterocycles. The predicted molar refractivity (Wildman–Crippen MR) is 148 cm³/mol. The molecule has 184 valence electrons. The van der Waals surface area contributed by atoms with Crippen LogP contribution in [0.2, 0.25) is 0 Å². The summed E-state index contributed by atoms with van der Waals surface area (Å²) in [6.45, 7) is 20.3. The molecule has 3 rings (SSSR count). The van der Waals surface area contributed by atoms with E-state index < -0.39 is 0 Å². The molecule has 3 aromatic rings. The number of carbonyl (C=O) groups is 1. The molecule has 1 amide bonds. The lowest BCUT2D eigenvalue weighted by atomic mass is 9.97. The highest BCUT2D eigenvalue weighted by Crippen LogP contribution is 2.29. The number of rotatable bonds is 8. The highest BCUT2D eigenvalue weighted by molar-refractivity contribution is 5.92. The Morgan fingerprint density at radius 2 is 1.65 bits per heavy atom. The molecule has 34 heavy (non-hydrogen) atoms. The molecule has 0 unspecified atom stereocenters. The van der Waals surface area contributed by atoms with E-state index in [1.165, 1.54) is 5.56 Å². The van der Waals surface area contributed by atoms with Crippen molar-refractivity contribution < 1.29 is 4.79 Å². The number of hydrogen-bond donors (Lipinski definition) is 1. The lowest BCUT2D eigenvalue weighted by Gasteiger charge is -2.13. The second kappa shape index (κ2) is 14.9. The van der Waals surface area contributed by atoms with Gasteiger partial charge in [0.15, 0.2) is 5.82 Å². The number of carbonyl (C=O) groups excluding carboxylic acids is 1. The van der Waals surface area contributed by atoms with Crippen LogP contribution in [-0.4, -0.2) is 15.7 Å². The lowest BCUT2D eigenvalue weighted by Crippen LogP contribution is -2.22. The fourth-order valence-corrected chi connectivity index (χ4v) is 3.54. The van der Waals surface area contributed by atoms with Crippen LogP contribution in [0.3, 0.4) is 0 Å². The summed E-state index contributed by atoms with van der Waals surface area (Å²) < 4.78 is 1.90. The summed E-state index contributed by atoms with van der Waals surface area (Å²) in [6, 6.07) is 20.5. The average molecular weight is 462 g/mol. The van der Waals surface area contributed by atoms with Gasteiger partial charge >= 0.3 is 0 Å². The van der Waals surface area contributed by atoms with Crippen molar-refractivity contribution >= 4 is 11.7 Å². The second-order valence-electron chi connectivity index (χ2n) is 8.20. The fourth-order valence-electron chi connectivity index (χ4n) is 3.54. The first-order chi connectivity index (χ1) is 16.4. The molecular weight excluding hydrogens is 418 g/mol. The molecule has 1 N–H and O–H groups in total. The van der Waals surface area contributed by atoms with Gasteiger partial charge in [-0.25, -0.2) is 4.68 Å². The Kier molecular flexibility index (Phi) is 12.7. The molecular formula is C30H43N3O. The molecule has 1 atom stereocenters. The van der Waals surface area contributed by atoms with Crippen LogP contribution in [0.5, 0.6) is 0 Å². The van der Waals surface area contributed by atoms with Gasteiger partial charge in [-0.3, -0.25) is 4.79 Å². The Morgan fingerprint density at radius 1 is 1.00 bits per heavy atom. The minimum atomic E-state index is -0.0999. The molecule has 1 heterocycles. The number of amides is 1. The number of benzene rings is 2.